The van der Waals surface area contributed by atoms with E-state index in [1.165, 1.54) is 21.2 Å². The molecule has 0 aliphatic heterocycles. The first-order chi connectivity index (χ1) is 8.99. The third kappa shape index (κ3) is 4.06. The molecular weight excluding hydrogens is 272 g/mol. The van der Waals surface area contributed by atoms with Gasteiger partial charge in [0.1, 0.15) is 5.01 Å². The van der Waals surface area contributed by atoms with Crippen molar-refractivity contribution < 1.29 is 0 Å². The maximum absolute atomic E-state index is 5.59. The Morgan fingerprint density at radius 2 is 1.89 bits per heavy atom. The molecule has 102 valence electrons. The molecule has 0 fully saturated rings. The predicted molar refractivity (Wildman–Crippen MR) is 84.7 cm³/mol. The maximum Gasteiger partial charge on any atom is 0.103 e. The summed E-state index contributed by atoms with van der Waals surface area (Å²) < 4.78 is 0. The monoisotopic (exact) mass is 292 g/mol. The van der Waals surface area contributed by atoms with Gasteiger partial charge in [-0.25, -0.2) is 4.98 Å². The number of hydrogen-bond acceptors (Lipinski definition) is 4. The number of hydrogen-bond donors (Lipinski definition) is 1. The van der Waals surface area contributed by atoms with Crippen molar-refractivity contribution in [1.82, 2.24) is 4.98 Å². The van der Waals surface area contributed by atoms with Crippen LogP contribution in [0.3, 0.4) is 0 Å². The van der Waals surface area contributed by atoms with E-state index in [1.54, 1.807) is 11.3 Å². The molecule has 2 aromatic rings. The van der Waals surface area contributed by atoms with E-state index in [0.29, 0.717) is 6.54 Å². The minimum Gasteiger partial charge on any atom is -0.326 e. The number of rotatable bonds is 4. The second-order valence-corrected chi connectivity index (χ2v) is 7.50. The number of nitrogens with zero attached hydrogens (tertiary/aromatic N) is 1. The van der Waals surface area contributed by atoms with Gasteiger partial charge >= 0.3 is 0 Å². The Hall–Kier alpha value is -0.840. The van der Waals surface area contributed by atoms with Crippen LogP contribution in [0.2, 0.25) is 0 Å². The lowest BCUT2D eigenvalue weighted by Crippen LogP contribution is -2.11. The van der Waals surface area contributed by atoms with Crippen LogP contribution < -0.4 is 5.73 Å². The number of nitrogens with two attached hydrogens (primary N) is 1. The Morgan fingerprint density at radius 3 is 2.42 bits per heavy atom. The number of thioether (sulfide) groups is 1. The Labute approximate surface area is 123 Å². The molecule has 2 rings (SSSR count). The van der Waals surface area contributed by atoms with E-state index in [1.807, 2.05) is 11.8 Å². The topological polar surface area (TPSA) is 38.9 Å². The van der Waals surface area contributed by atoms with Gasteiger partial charge in [0.05, 0.1) is 11.4 Å². The Kier molecular flexibility index (Phi) is 4.66. The summed E-state index contributed by atoms with van der Waals surface area (Å²) in [5.74, 6) is 0.933. The third-order valence-electron chi connectivity index (χ3n) is 2.84. The van der Waals surface area contributed by atoms with Gasteiger partial charge in [-0.3, -0.25) is 0 Å². The molecule has 19 heavy (non-hydrogen) atoms. The summed E-state index contributed by atoms with van der Waals surface area (Å²) in [6.07, 6.45) is 0. The zero-order valence-electron chi connectivity index (χ0n) is 11.6. The first-order valence-electron chi connectivity index (χ1n) is 6.36. The summed E-state index contributed by atoms with van der Waals surface area (Å²) in [6, 6.07) is 8.44. The second-order valence-electron chi connectivity index (χ2n) is 5.51. The summed E-state index contributed by atoms with van der Waals surface area (Å²) in [6.45, 7) is 7.20. The van der Waals surface area contributed by atoms with E-state index in [-0.39, 0.29) is 5.41 Å². The summed E-state index contributed by atoms with van der Waals surface area (Å²) in [5, 5.41) is 3.37. The number of aromatic nitrogens is 1. The maximum atomic E-state index is 5.59. The predicted octanol–water partition coefficient (Wildman–Crippen LogP) is 4.19. The molecule has 0 aliphatic carbocycles. The van der Waals surface area contributed by atoms with Crippen molar-refractivity contribution in [3.05, 3.63) is 45.9 Å². The highest BCUT2D eigenvalue weighted by Gasteiger charge is 2.17. The quantitative estimate of drug-likeness (QED) is 0.859. The van der Waals surface area contributed by atoms with Crippen molar-refractivity contribution in [2.75, 3.05) is 0 Å². The molecule has 1 aromatic heterocycles. The summed E-state index contributed by atoms with van der Waals surface area (Å²) in [7, 11) is 0. The van der Waals surface area contributed by atoms with Crippen molar-refractivity contribution in [2.45, 2.75) is 43.4 Å². The minimum atomic E-state index is 0.141. The summed E-state index contributed by atoms with van der Waals surface area (Å²) in [4.78, 5) is 5.98. The Morgan fingerprint density at radius 1 is 1.21 bits per heavy atom. The van der Waals surface area contributed by atoms with E-state index >= 15 is 0 Å². The van der Waals surface area contributed by atoms with Crippen molar-refractivity contribution in [3.8, 4) is 0 Å². The lowest BCUT2D eigenvalue weighted by atomic mass is 9.93. The largest absolute Gasteiger partial charge is 0.326 e. The third-order valence-corrected chi connectivity index (χ3v) is 4.90. The Balaban J connectivity index is 1.96. The van der Waals surface area contributed by atoms with Crippen molar-refractivity contribution in [3.63, 3.8) is 0 Å². The van der Waals surface area contributed by atoms with Gasteiger partial charge in [-0.15, -0.1) is 23.1 Å². The highest BCUT2D eigenvalue weighted by Crippen LogP contribution is 2.28. The molecule has 0 atom stereocenters. The van der Waals surface area contributed by atoms with E-state index < -0.39 is 0 Å². The molecule has 0 amide bonds. The fourth-order valence-electron chi connectivity index (χ4n) is 1.59. The highest BCUT2D eigenvalue weighted by atomic mass is 32.2. The van der Waals surface area contributed by atoms with Crippen LogP contribution in [0.25, 0.3) is 0 Å². The summed E-state index contributed by atoms with van der Waals surface area (Å²) >= 11 is 3.58. The van der Waals surface area contributed by atoms with Crippen LogP contribution in [-0.4, -0.2) is 4.98 Å². The van der Waals surface area contributed by atoms with Gasteiger partial charge in [-0.05, 0) is 17.7 Å². The molecule has 2 N–H and O–H groups in total. The average molecular weight is 292 g/mol. The van der Waals surface area contributed by atoms with E-state index in [2.05, 4.69) is 50.4 Å². The van der Waals surface area contributed by atoms with Crippen LogP contribution in [0.15, 0.2) is 34.5 Å². The van der Waals surface area contributed by atoms with Gasteiger partial charge in [0.2, 0.25) is 0 Å². The zero-order valence-corrected chi connectivity index (χ0v) is 13.3. The molecule has 0 radical (unpaired) electrons. The minimum absolute atomic E-state index is 0.141. The van der Waals surface area contributed by atoms with Crippen molar-refractivity contribution in [1.29, 1.82) is 0 Å². The van der Waals surface area contributed by atoms with Gasteiger partial charge in [0.25, 0.3) is 0 Å². The van der Waals surface area contributed by atoms with Gasteiger partial charge < -0.3 is 5.73 Å². The van der Waals surface area contributed by atoms with E-state index in [0.717, 1.165) is 5.75 Å². The molecule has 2 nitrogen and oxygen atoms in total. The molecule has 0 bridgehead atoms. The first kappa shape index (κ1) is 14.6. The zero-order chi connectivity index (χ0) is 13.9. The van der Waals surface area contributed by atoms with Crippen LogP contribution in [-0.2, 0) is 17.7 Å². The molecule has 1 aromatic carbocycles. The molecular formula is C15H20N2S2. The number of benzene rings is 1. The van der Waals surface area contributed by atoms with Crippen LogP contribution in [0.1, 0.15) is 37.0 Å². The lowest BCUT2D eigenvalue weighted by molar-refractivity contribution is 0.572. The van der Waals surface area contributed by atoms with Gasteiger partial charge in [-0.1, -0.05) is 32.9 Å². The van der Waals surface area contributed by atoms with Crippen LogP contribution in [0.4, 0.5) is 0 Å². The molecule has 0 saturated carbocycles. The van der Waals surface area contributed by atoms with Gasteiger partial charge in [0.15, 0.2) is 0 Å². The average Bonchev–Trinajstić information content (AvgIpc) is 2.86. The van der Waals surface area contributed by atoms with Crippen LogP contribution >= 0.6 is 23.1 Å². The van der Waals surface area contributed by atoms with E-state index in [9.17, 15) is 0 Å². The smallest absolute Gasteiger partial charge is 0.103 e. The lowest BCUT2D eigenvalue weighted by Gasteiger charge is -2.14. The van der Waals surface area contributed by atoms with Crippen molar-refractivity contribution in [2.24, 2.45) is 5.73 Å². The highest BCUT2D eigenvalue weighted by molar-refractivity contribution is 7.98. The summed E-state index contributed by atoms with van der Waals surface area (Å²) in [5.41, 5.74) is 8.10. The van der Waals surface area contributed by atoms with Crippen LogP contribution in [0.5, 0.6) is 0 Å². The second kappa shape index (κ2) is 6.07. The van der Waals surface area contributed by atoms with Crippen molar-refractivity contribution >= 4 is 23.1 Å². The first-order valence-corrected chi connectivity index (χ1v) is 8.22. The van der Waals surface area contributed by atoms with Gasteiger partial charge in [-0.2, -0.15) is 0 Å². The Bertz CT molecular complexity index is 524. The SMILES string of the molecule is CC(C)(C)c1csc(CSc2ccc(CN)cc2)n1. The molecule has 0 unspecified atom stereocenters. The normalized spacial score (nSPS) is 11.8. The van der Waals surface area contributed by atoms with E-state index in [4.69, 9.17) is 10.7 Å². The number of thiazole rings is 1. The molecule has 4 heteroatoms. The van der Waals surface area contributed by atoms with Crippen LogP contribution in [0, 0.1) is 0 Å². The fourth-order valence-corrected chi connectivity index (χ4v) is 3.53. The fraction of sp³-hybridized carbons (Fsp3) is 0.400. The molecule has 1 heterocycles. The molecule has 0 spiro atoms. The van der Waals surface area contributed by atoms with Gasteiger partial charge in [0, 0.05) is 22.2 Å². The standard InChI is InChI=1S/C15H20N2S2/c1-15(2,3)13-9-19-14(17-13)10-18-12-6-4-11(8-16)5-7-12/h4-7,9H,8,10,16H2,1-3H3. The molecule has 0 saturated heterocycles. The molecule has 0 aliphatic rings.